The average molecular weight is 430 g/mol. The molecule has 0 fully saturated rings. The Morgan fingerprint density at radius 1 is 1.37 bits per heavy atom. The van der Waals surface area contributed by atoms with Crippen LogP contribution in [-0.4, -0.2) is 76.2 Å². The van der Waals surface area contributed by atoms with Crippen LogP contribution in [0.5, 0.6) is 0 Å². The molecule has 168 valence electrons. The highest BCUT2D eigenvalue weighted by molar-refractivity contribution is 5.94. The van der Waals surface area contributed by atoms with Gasteiger partial charge in [0, 0.05) is 25.1 Å². The van der Waals surface area contributed by atoms with Crippen molar-refractivity contribution in [2.24, 2.45) is 0 Å². The molecule has 0 saturated heterocycles. The van der Waals surface area contributed by atoms with Crippen LogP contribution in [0.2, 0.25) is 0 Å². The van der Waals surface area contributed by atoms with Gasteiger partial charge in [0.1, 0.15) is 24.0 Å². The molecule has 0 spiro atoms. The standard InChI is InChI=1S/C19H28F2N4O5/c1-11-6-14-13(8-24(11)18(27)29-19(2,3)4)16-17(26)23(5)30-12(7-25(16)22-14)9-28-10-15(20)21/h11-12,15H,6-10H2,1-5H3/t11-,12?/m1/s1. The van der Waals surface area contributed by atoms with E-state index in [0.717, 1.165) is 10.8 Å². The summed E-state index contributed by atoms with van der Waals surface area (Å²) in [5.74, 6) is -0.418. The van der Waals surface area contributed by atoms with Crippen molar-refractivity contribution < 1.29 is 32.7 Å². The molecule has 1 aromatic heterocycles. The maximum absolute atomic E-state index is 12.9. The Morgan fingerprint density at radius 3 is 2.70 bits per heavy atom. The van der Waals surface area contributed by atoms with Gasteiger partial charge >= 0.3 is 6.09 Å². The summed E-state index contributed by atoms with van der Waals surface area (Å²) in [6, 6.07) is -0.152. The third kappa shape index (κ3) is 4.89. The first-order valence-electron chi connectivity index (χ1n) is 9.85. The number of carbonyl (C=O) groups excluding carboxylic acids is 2. The van der Waals surface area contributed by atoms with Gasteiger partial charge in [0.25, 0.3) is 12.3 Å². The fourth-order valence-corrected chi connectivity index (χ4v) is 3.55. The summed E-state index contributed by atoms with van der Waals surface area (Å²) in [4.78, 5) is 32.7. The number of hydrogen-bond donors (Lipinski definition) is 0. The Morgan fingerprint density at radius 2 is 2.07 bits per heavy atom. The van der Waals surface area contributed by atoms with Gasteiger partial charge in [-0.25, -0.2) is 18.6 Å². The topological polar surface area (TPSA) is 86.1 Å². The third-order valence-corrected chi connectivity index (χ3v) is 4.83. The number of halogens is 2. The van der Waals surface area contributed by atoms with Crippen LogP contribution in [0, 0.1) is 0 Å². The fourth-order valence-electron chi connectivity index (χ4n) is 3.55. The number of hydrogen-bond acceptors (Lipinski definition) is 6. The van der Waals surface area contributed by atoms with E-state index in [0.29, 0.717) is 17.7 Å². The van der Waals surface area contributed by atoms with Crippen LogP contribution in [0.25, 0.3) is 0 Å². The molecular formula is C19H28F2N4O5. The molecule has 1 unspecified atom stereocenters. The summed E-state index contributed by atoms with van der Waals surface area (Å²) < 4.78 is 36.7. The number of amides is 2. The van der Waals surface area contributed by atoms with E-state index in [9.17, 15) is 18.4 Å². The van der Waals surface area contributed by atoms with Crippen molar-refractivity contribution in [2.75, 3.05) is 20.3 Å². The van der Waals surface area contributed by atoms with E-state index in [2.05, 4.69) is 5.10 Å². The summed E-state index contributed by atoms with van der Waals surface area (Å²) >= 11 is 0. The Kier molecular flexibility index (Phi) is 6.32. The van der Waals surface area contributed by atoms with Crippen molar-refractivity contribution in [1.82, 2.24) is 19.7 Å². The first-order valence-corrected chi connectivity index (χ1v) is 9.85. The van der Waals surface area contributed by atoms with Crippen molar-refractivity contribution in [3.8, 4) is 0 Å². The zero-order valence-corrected chi connectivity index (χ0v) is 17.9. The van der Waals surface area contributed by atoms with Gasteiger partial charge in [-0.1, -0.05) is 0 Å². The van der Waals surface area contributed by atoms with Crippen LogP contribution in [-0.2, 0) is 33.8 Å². The molecule has 0 N–H and O–H groups in total. The minimum atomic E-state index is -2.58. The minimum Gasteiger partial charge on any atom is -0.444 e. The Labute approximate surface area is 173 Å². The van der Waals surface area contributed by atoms with Crippen molar-refractivity contribution in [3.63, 3.8) is 0 Å². The number of rotatable bonds is 4. The molecule has 11 heteroatoms. The SMILES string of the molecule is C[C@@H]1Cc2nn3c(c2CN1C(=O)OC(C)(C)C)C(=O)N(C)OC(COCC(F)F)C3. The zero-order valence-electron chi connectivity index (χ0n) is 17.9. The molecule has 1 aromatic rings. The lowest BCUT2D eigenvalue weighted by Gasteiger charge is -2.34. The van der Waals surface area contributed by atoms with Crippen LogP contribution in [0.3, 0.4) is 0 Å². The number of nitrogens with zero attached hydrogens (tertiary/aromatic N) is 4. The highest BCUT2D eigenvalue weighted by Crippen LogP contribution is 2.29. The molecule has 3 heterocycles. The largest absolute Gasteiger partial charge is 0.444 e. The van der Waals surface area contributed by atoms with Gasteiger partial charge in [0.2, 0.25) is 0 Å². The molecule has 30 heavy (non-hydrogen) atoms. The van der Waals surface area contributed by atoms with Crippen molar-refractivity contribution in [3.05, 3.63) is 17.0 Å². The molecule has 0 aliphatic carbocycles. The number of aromatic nitrogens is 2. The van der Waals surface area contributed by atoms with Gasteiger partial charge < -0.3 is 14.4 Å². The first kappa shape index (κ1) is 22.4. The first-order chi connectivity index (χ1) is 14.0. The van der Waals surface area contributed by atoms with Crippen molar-refractivity contribution in [2.45, 2.75) is 71.4 Å². The van der Waals surface area contributed by atoms with Crippen LogP contribution < -0.4 is 0 Å². The molecule has 2 amide bonds. The fraction of sp³-hybridized carbons (Fsp3) is 0.737. The molecule has 2 aliphatic heterocycles. The van der Waals surface area contributed by atoms with Gasteiger partial charge in [0.15, 0.2) is 0 Å². The second-order valence-corrected chi connectivity index (χ2v) is 8.58. The highest BCUT2D eigenvalue weighted by Gasteiger charge is 2.38. The third-order valence-electron chi connectivity index (χ3n) is 4.83. The number of carbonyl (C=O) groups is 2. The van der Waals surface area contributed by atoms with E-state index in [4.69, 9.17) is 14.3 Å². The van der Waals surface area contributed by atoms with Gasteiger partial charge in [-0.3, -0.25) is 14.3 Å². The lowest BCUT2D eigenvalue weighted by atomic mass is 9.99. The van der Waals surface area contributed by atoms with Gasteiger partial charge in [0.05, 0.1) is 25.4 Å². The quantitative estimate of drug-likeness (QED) is 0.728. The zero-order chi connectivity index (χ0) is 22.2. The Bertz CT molecular complexity index is 808. The smallest absolute Gasteiger partial charge is 0.410 e. The summed E-state index contributed by atoms with van der Waals surface area (Å²) in [7, 11) is 1.45. The highest BCUT2D eigenvalue weighted by atomic mass is 19.3. The number of ether oxygens (including phenoxy) is 2. The van der Waals surface area contributed by atoms with Crippen LogP contribution in [0.4, 0.5) is 13.6 Å². The summed E-state index contributed by atoms with van der Waals surface area (Å²) in [6.07, 6.45) is -3.22. The van der Waals surface area contributed by atoms with Crippen LogP contribution in [0.15, 0.2) is 0 Å². The maximum Gasteiger partial charge on any atom is 0.410 e. The van der Waals surface area contributed by atoms with E-state index in [1.165, 1.54) is 11.7 Å². The lowest BCUT2D eigenvalue weighted by Crippen LogP contribution is -2.45. The molecule has 2 atom stereocenters. The molecule has 0 aromatic carbocycles. The van der Waals surface area contributed by atoms with E-state index >= 15 is 0 Å². The minimum absolute atomic E-state index is 0.105. The number of alkyl halides is 2. The second-order valence-electron chi connectivity index (χ2n) is 8.58. The molecule has 0 saturated carbocycles. The monoisotopic (exact) mass is 430 g/mol. The van der Waals surface area contributed by atoms with E-state index in [1.807, 2.05) is 6.92 Å². The number of fused-ring (bicyclic) bond motifs is 3. The normalized spacial score (nSPS) is 22.1. The van der Waals surface area contributed by atoms with Gasteiger partial charge in [-0.2, -0.15) is 5.10 Å². The van der Waals surface area contributed by atoms with Crippen molar-refractivity contribution in [1.29, 1.82) is 0 Å². The number of hydroxylamine groups is 2. The van der Waals surface area contributed by atoms with Gasteiger partial charge in [-0.05, 0) is 27.7 Å². The molecule has 0 bridgehead atoms. The van der Waals surface area contributed by atoms with Crippen molar-refractivity contribution >= 4 is 12.0 Å². The summed E-state index contributed by atoms with van der Waals surface area (Å²) in [5, 5.41) is 5.62. The molecule has 0 radical (unpaired) electrons. The summed E-state index contributed by atoms with van der Waals surface area (Å²) in [6.45, 7) is 6.83. The predicted octanol–water partition coefficient (Wildman–Crippen LogP) is 2.23. The second kappa shape index (κ2) is 8.46. The Balaban J connectivity index is 1.84. The molecule has 9 nitrogen and oxygen atoms in total. The predicted molar refractivity (Wildman–Crippen MR) is 101 cm³/mol. The summed E-state index contributed by atoms with van der Waals surface area (Å²) in [5.41, 5.74) is 1.06. The average Bonchev–Trinajstić information content (AvgIpc) is 2.89. The molecule has 2 aliphatic rings. The van der Waals surface area contributed by atoms with Crippen LogP contribution in [0.1, 0.15) is 49.4 Å². The molecular weight excluding hydrogens is 402 g/mol. The maximum atomic E-state index is 12.9. The van der Waals surface area contributed by atoms with Gasteiger partial charge in [-0.15, -0.1) is 0 Å². The molecule has 3 rings (SSSR count). The van der Waals surface area contributed by atoms with E-state index < -0.39 is 36.7 Å². The van der Waals surface area contributed by atoms with E-state index in [-0.39, 0.29) is 25.7 Å². The lowest BCUT2D eigenvalue weighted by molar-refractivity contribution is -0.169. The van der Waals surface area contributed by atoms with Crippen LogP contribution >= 0.6 is 0 Å². The Hall–Kier alpha value is -2.27. The van der Waals surface area contributed by atoms with E-state index in [1.54, 1.807) is 25.7 Å².